The number of hydrogen-bond donors (Lipinski definition) is 2. The van der Waals surface area contributed by atoms with Crippen LogP contribution in [0.2, 0.25) is 0 Å². The highest BCUT2D eigenvalue weighted by molar-refractivity contribution is 7.14. The summed E-state index contributed by atoms with van der Waals surface area (Å²) in [6, 6.07) is 19.4. The van der Waals surface area contributed by atoms with E-state index in [0.717, 1.165) is 45.9 Å². The number of aliphatic carboxylic acids is 1. The van der Waals surface area contributed by atoms with Gasteiger partial charge in [-0.1, -0.05) is 89.8 Å². The Labute approximate surface area is 288 Å². The third-order valence-corrected chi connectivity index (χ3v) is 9.66. The van der Waals surface area contributed by atoms with Gasteiger partial charge in [0.25, 0.3) is 0 Å². The summed E-state index contributed by atoms with van der Waals surface area (Å²) in [4.78, 5) is 48.3. The molecule has 0 bridgehead atoms. The third kappa shape index (κ3) is 11.1. The zero-order valence-corrected chi connectivity index (χ0v) is 29.3. The minimum absolute atomic E-state index is 0.00934. The van der Waals surface area contributed by atoms with Crippen LogP contribution in [0.5, 0.6) is 5.75 Å². The zero-order valence-electron chi connectivity index (χ0n) is 28.5. The van der Waals surface area contributed by atoms with Gasteiger partial charge in [0.1, 0.15) is 5.75 Å². The molecule has 2 aromatic heterocycles. The van der Waals surface area contributed by atoms with Gasteiger partial charge in [0.2, 0.25) is 5.91 Å². The second-order valence-electron chi connectivity index (χ2n) is 13.2. The summed E-state index contributed by atoms with van der Waals surface area (Å²) >= 11 is 1.46. The van der Waals surface area contributed by atoms with Gasteiger partial charge in [-0.25, -0.2) is 9.97 Å². The fraction of sp³-hybridized carbons (Fsp3) is 0.410. The van der Waals surface area contributed by atoms with Crippen LogP contribution in [0.1, 0.15) is 92.8 Å². The van der Waals surface area contributed by atoms with Crippen LogP contribution < -0.4 is 10.1 Å². The fourth-order valence-electron chi connectivity index (χ4n) is 5.25. The number of ketones is 1. The average molecular weight is 670 g/mol. The molecule has 0 aliphatic heterocycles. The Balaban J connectivity index is 1.38. The van der Waals surface area contributed by atoms with Gasteiger partial charge in [0, 0.05) is 47.3 Å². The van der Waals surface area contributed by atoms with E-state index >= 15 is 0 Å². The van der Waals surface area contributed by atoms with Gasteiger partial charge < -0.3 is 15.2 Å². The van der Waals surface area contributed by atoms with E-state index < -0.39 is 11.9 Å². The molecule has 2 aromatic carbocycles. The number of thiophene rings is 1. The first-order valence-corrected chi connectivity index (χ1v) is 17.6. The molecule has 2 N–H and O–H groups in total. The highest BCUT2D eigenvalue weighted by Gasteiger charge is 2.25. The molecule has 2 heterocycles. The van der Waals surface area contributed by atoms with E-state index in [1.165, 1.54) is 37.0 Å². The zero-order chi connectivity index (χ0) is 34.5. The summed E-state index contributed by atoms with van der Waals surface area (Å²) in [5.41, 5.74) is 3.55. The minimum Gasteiger partial charge on any atom is -0.494 e. The standard InChI is InChI=1S/C39H47N3O5S/c1-5-6-7-8-9-22-47-32-16-14-28(15-17-32)31-25-41-37(42-26-31)29-12-10-27(11-13-29)23-30(38(46)40-21-20-36(44)45)24-33(43)34-18-19-35(48-34)39(2,3)4/h10-19,25-26,30H,5-9,20-24H2,1-4H3,(H,40,46)(H,44,45)/t30-/m1/s1. The summed E-state index contributed by atoms with van der Waals surface area (Å²) in [7, 11) is 0. The van der Waals surface area contributed by atoms with Crippen molar-refractivity contribution in [3.63, 3.8) is 0 Å². The first-order valence-electron chi connectivity index (χ1n) is 16.8. The number of carbonyl (C=O) groups is 3. The number of unbranched alkanes of at least 4 members (excludes halogenated alkanes) is 4. The number of amides is 1. The van der Waals surface area contributed by atoms with Gasteiger partial charge in [-0.2, -0.15) is 0 Å². The first-order chi connectivity index (χ1) is 23.0. The molecular formula is C39H47N3O5S. The maximum absolute atomic E-state index is 13.3. The number of rotatable bonds is 18. The summed E-state index contributed by atoms with van der Waals surface area (Å²) in [6.45, 7) is 9.25. The molecule has 1 amide bonds. The lowest BCUT2D eigenvalue weighted by Gasteiger charge is -2.17. The van der Waals surface area contributed by atoms with Crippen molar-refractivity contribution in [2.75, 3.05) is 13.2 Å². The van der Waals surface area contributed by atoms with Crippen molar-refractivity contribution in [1.29, 1.82) is 0 Å². The highest BCUT2D eigenvalue weighted by atomic mass is 32.1. The molecule has 4 aromatic rings. The van der Waals surface area contributed by atoms with Crippen molar-refractivity contribution < 1.29 is 24.2 Å². The van der Waals surface area contributed by atoms with Crippen LogP contribution in [0.25, 0.3) is 22.5 Å². The molecule has 4 rings (SSSR count). The second kappa shape index (κ2) is 17.7. The van der Waals surface area contributed by atoms with Crippen LogP contribution in [0, 0.1) is 5.92 Å². The number of hydrogen-bond acceptors (Lipinski definition) is 7. The topological polar surface area (TPSA) is 118 Å². The van der Waals surface area contributed by atoms with Crippen LogP contribution in [0.4, 0.5) is 0 Å². The Hall–Kier alpha value is -4.37. The Morgan fingerprint density at radius 1 is 0.854 bits per heavy atom. The van der Waals surface area contributed by atoms with Crippen LogP contribution >= 0.6 is 11.3 Å². The third-order valence-electron chi connectivity index (χ3n) is 8.11. The van der Waals surface area contributed by atoms with Gasteiger partial charge in [-0.3, -0.25) is 14.4 Å². The fourth-order valence-corrected chi connectivity index (χ4v) is 6.26. The van der Waals surface area contributed by atoms with E-state index in [2.05, 4.69) is 43.0 Å². The number of carboxylic acid groups (broad SMARTS) is 1. The predicted octanol–water partition coefficient (Wildman–Crippen LogP) is 8.54. The van der Waals surface area contributed by atoms with Crippen LogP contribution in [0.3, 0.4) is 0 Å². The number of nitrogens with zero attached hydrogens (tertiary/aromatic N) is 2. The van der Waals surface area contributed by atoms with E-state index in [1.54, 1.807) is 12.4 Å². The predicted molar refractivity (Wildman–Crippen MR) is 192 cm³/mol. The molecule has 0 aliphatic rings. The number of aromatic nitrogens is 2. The number of Topliss-reactive ketones (excluding diaryl/α,β-unsaturated/α-hetero) is 1. The number of benzene rings is 2. The second-order valence-corrected chi connectivity index (χ2v) is 14.2. The summed E-state index contributed by atoms with van der Waals surface area (Å²) < 4.78 is 5.89. The van der Waals surface area contributed by atoms with Crippen molar-refractivity contribution in [2.45, 2.75) is 84.5 Å². The molecule has 0 unspecified atom stereocenters. The van der Waals surface area contributed by atoms with E-state index in [0.29, 0.717) is 17.1 Å². The number of carboxylic acids is 1. The van der Waals surface area contributed by atoms with Crippen LogP contribution in [-0.2, 0) is 21.4 Å². The first kappa shape index (κ1) is 36.5. The summed E-state index contributed by atoms with van der Waals surface area (Å²) in [5, 5.41) is 11.7. The summed E-state index contributed by atoms with van der Waals surface area (Å²) in [6.07, 6.45) is 9.82. The maximum atomic E-state index is 13.3. The van der Waals surface area contributed by atoms with E-state index in [9.17, 15) is 14.4 Å². The molecule has 0 aliphatic carbocycles. The van der Waals surface area contributed by atoms with Crippen molar-refractivity contribution in [2.24, 2.45) is 5.92 Å². The Morgan fingerprint density at radius 2 is 1.52 bits per heavy atom. The average Bonchev–Trinajstić information content (AvgIpc) is 3.59. The van der Waals surface area contributed by atoms with Gasteiger partial charge >= 0.3 is 5.97 Å². The van der Waals surface area contributed by atoms with Crippen molar-refractivity contribution in [1.82, 2.24) is 15.3 Å². The largest absolute Gasteiger partial charge is 0.494 e. The van der Waals surface area contributed by atoms with E-state index in [-0.39, 0.29) is 36.5 Å². The normalized spacial score (nSPS) is 12.0. The van der Waals surface area contributed by atoms with Gasteiger partial charge in [-0.05, 0) is 53.6 Å². The lowest BCUT2D eigenvalue weighted by atomic mass is 9.92. The molecule has 0 spiro atoms. The smallest absolute Gasteiger partial charge is 0.305 e. The Morgan fingerprint density at radius 3 is 2.15 bits per heavy atom. The summed E-state index contributed by atoms with van der Waals surface area (Å²) in [5.74, 6) is -0.624. The minimum atomic E-state index is -0.992. The molecule has 254 valence electrons. The van der Waals surface area contributed by atoms with Gasteiger partial charge in [0.15, 0.2) is 11.6 Å². The molecule has 48 heavy (non-hydrogen) atoms. The van der Waals surface area contributed by atoms with Crippen molar-refractivity contribution >= 4 is 29.0 Å². The van der Waals surface area contributed by atoms with Crippen LogP contribution in [0.15, 0.2) is 73.1 Å². The molecule has 1 atom stereocenters. The lowest BCUT2D eigenvalue weighted by Crippen LogP contribution is -2.34. The van der Waals surface area contributed by atoms with Crippen molar-refractivity contribution in [3.05, 3.63) is 88.4 Å². The molecule has 0 saturated carbocycles. The van der Waals surface area contributed by atoms with E-state index in [1.807, 2.05) is 60.7 Å². The number of ether oxygens (including phenoxy) is 1. The molecule has 0 radical (unpaired) electrons. The monoisotopic (exact) mass is 669 g/mol. The van der Waals surface area contributed by atoms with Crippen LogP contribution in [-0.4, -0.2) is 45.9 Å². The van der Waals surface area contributed by atoms with Gasteiger partial charge in [0.05, 0.1) is 17.9 Å². The molecule has 8 nitrogen and oxygen atoms in total. The highest BCUT2D eigenvalue weighted by Crippen LogP contribution is 2.31. The number of carbonyl (C=O) groups excluding carboxylic acids is 2. The molecule has 0 saturated heterocycles. The SMILES string of the molecule is CCCCCCCOc1ccc(-c2cnc(-c3ccc(C[C@H](CC(=O)c4ccc(C(C)(C)C)s4)C(=O)NCCC(=O)O)cc3)nc2)cc1. The molecular weight excluding hydrogens is 623 g/mol. The van der Waals surface area contributed by atoms with Gasteiger partial charge in [-0.15, -0.1) is 11.3 Å². The Bertz CT molecular complexity index is 1620. The molecule has 9 heteroatoms. The van der Waals surface area contributed by atoms with Crippen molar-refractivity contribution in [3.8, 4) is 28.3 Å². The Kier molecular flexibility index (Phi) is 13.4. The molecule has 0 fully saturated rings. The van der Waals surface area contributed by atoms with E-state index in [4.69, 9.17) is 9.84 Å². The maximum Gasteiger partial charge on any atom is 0.305 e. The number of nitrogens with one attached hydrogen (secondary N) is 1. The quantitative estimate of drug-likeness (QED) is 0.0805. The lowest BCUT2D eigenvalue weighted by molar-refractivity contribution is -0.137.